The number of nitrogens with one attached hydrogen (secondary N) is 1. The number of hydrogen-bond donors (Lipinski definition) is 2. The Morgan fingerprint density at radius 2 is 2.16 bits per heavy atom. The van der Waals surface area contributed by atoms with E-state index in [-0.39, 0.29) is 23.3 Å². The first-order valence-electron chi connectivity index (χ1n) is 8.99. The normalized spacial score (nSPS) is 29.1. The van der Waals surface area contributed by atoms with Gasteiger partial charge in [0, 0.05) is 6.04 Å². The number of aromatic nitrogens is 2. The molecule has 2 N–H and O–H groups in total. The number of ether oxygens (including phenoxy) is 1. The molecule has 6 heteroatoms. The number of benzene rings is 1. The highest BCUT2D eigenvalue weighted by Gasteiger charge is 2.48. The van der Waals surface area contributed by atoms with Crippen molar-refractivity contribution in [1.82, 2.24) is 14.9 Å². The summed E-state index contributed by atoms with van der Waals surface area (Å²) in [5, 5.41) is 14.2. The Hall–Kier alpha value is -1.76. The van der Waals surface area contributed by atoms with Crippen molar-refractivity contribution in [3.05, 3.63) is 39.9 Å². The van der Waals surface area contributed by atoms with Crippen LogP contribution in [0.3, 0.4) is 0 Å². The predicted octanol–water partition coefficient (Wildman–Crippen LogP) is 1.29. The molecule has 2 saturated heterocycles. The molecule has 4 rings (SSSR count). The van der Waals surface area contributed by atoms with Gasteiger partial charge in [-0.3, -0.25) is 9.36 Å². The van der Waals surface area contributed by atoms with E-state index in [0.717, 1.165) is 36.0 Å². The number of epoxide rings is 1. The van der Waals surface area contributed by atoms with Crippen LogP contribution in [0, 0.1) is 13.8 Å². The Kier molecular flexibility index (Phi) is 4.14. The number of aliphatic hydroxyl groups excluding tert-OH is 1. The lowest BCUT2D eigenvalue weighted by Crippen LogP contribution is -2.48. The van der Waals surface area contributed by atoms with Crippen LogP contribution in [-0.4, -0.2) is 45.6 Å². The molecule has 0 radical (unpaired) electrons. The molecule has 2 aliphatic rings. The number of aryl methyl sites for hydroxylation is 2. The summed E-state index contributed by atoms with van der Waals surface area (Å²) in [5.41, 5.74) is 2.57. The summed E-state index contributed by atoms with van der Waals surface area (Å²) in [6.07, 6.45) is 3.81. The van der Waals surface area contributed by atoms with Crippen LogP contribution in [-0.2, 0) is 11.3 Å². The van der Waals surface area contributed by atoms with E-state index in [4.69, 9.17) is 4.74 Å². The standard InChI is InChI=1S/C19H25N3O3/c1-12-6-14-15(7-13(12)2)21-11-22(18(14)24)9-19(10-25-19)8-16-17(23)4-3-5-20-16/h6-7,11,16-17,20,23H,3-5,8-10H2,1-2H3. The molecule has 1 aromatic carbocycles. The van der Waals surface area contributed by atoms with E-state index < -0.39 is 0 Å². The molecule has 0 saturated carbocycles. The Morgan fingerprint density at radius 3 is 2.88 bits per heavy atom. The van der Waals surface area contributed by atoms with E-state index in [1.807, 2.05) is 26.0 Å². The first-order chi connectivity index (χ1) is 12.0. The second-order valence-corrected chi connectivity index (χ2v) is 7.58. The van der Waals surface area contributed by atoms with Crippen LogP contribution in [0.5, 0.6) is 0 Å². The lowest BCUT2D eigenvalue weighted by atomic mass is 9.92. The summed E-state index contributed by atoms with van der Waals surface area (Å²) in [6.45, 7) is 6.06. The zero-order valence-electron chi connectivity index (χ0n) is 14.8. The molecule has 25 heavy (non-hydrogen) atoms. The summed E-state index contributed by atoms with van der Waals surface area (Å²) >= 11 is 0. The van der Waals surface area contributed by atoms with Gasteiger partial charge in [-0.2, -0.15) is 0 Å². The third-order valence-corrected chi connectivity index (χ3v) is 5.59. The van der Waals surface area contributed by atoms with Gasteiger partial charge in [0.25, 0.3) is 5.56 Å². The second kappa shape index (κ2) is 6.20. The minimum atomic E-state index is -0.366. The monoisotopic (exact) mass is 343 g/mol. The van der Waals surface area contributed by atoms with E-state index in [9.17, 15) is 9.90 Å². The fourth-order valence-electron chi connectivity index (χ4n) is 3.76. The topological polar surface area (TPSA) is 79.7 Å². The number of fused-ring (bicyclic) bond motifs is 1. The highest BCUT2D eigenvalue weighted by Crippen LogP contribution is 2.35. The smallest absolute Gasteiger partial charge is 0.261 e. The van der Waals surface area contributed by atoms with Crippen molar-refractivity contribution in [1.29, 1.82) is 0 Å². The van der Waals surface area contributed by atoms with Crippen molar-refractivity contribution in [2.24, 2.45) is 0 Å². The van der Waals surface area contributed by atoms with Gasteiger partial charge >= 0.3 is 0 Å². The molecule has 0 amide bonds. The second-order valence-electron chi connectivity index (χ2n) is 7.58. The molecule has 134 valence electrons. The molecule has 2 fully saturated rings. The predicted molar refractivity (Wildman–Crippen MR) is 95.8 cm³/mol. The van der Waals surface area contributed by atoms with Crippen molar-refractivity contribution in [3.8, 4) is 0 Å². The number of nitrogens with zero attached hydrogens (tertiary/aromatic N) is 2. The largest absolute Gasteiger partial charge is 0.392 e. The molecule has 0 spiro atoms. The Morgan fingerprint density at radius 1 is 1.40 bits per heavy atom. The summed E-state index contributed by atoms with van der Waals surface area (Å²) in [6, 6.07) is 3.91. The van der Waals surface area contributed by atoms with Crippen molar-refractivity contribution < 1.29 is 9.84 Å². The number of rotatable bonds is 4. The number of aliphatic hydroxyl groups is 1. The van der Waals surface area contributed by atoms with E-state index >= 15 is 0 Å². The van der Waals surface area contributed by atoms with Crippen LogP contribution in [0.15, 0.2) is 23.3 Å². The quantitative estimate of drug-likeness (QED) is 0.818. The van der Waals surface area contributed by atoms with Crippen molar-refractivity contribution in [2.45, 2.75) is 57.4 Å². The SMILES string of the molecule is Cc1cc2ncn(CC3(CC4NCCCC4O)CO3)c(=O)c2cc1C. The molecule has 3 atom stereocenters. The van der Waals surface area contributed by atoms with Crippen LogP contribution in [0.4, 0.5) is 0 Å². The van der Waals surface area contributed by atoms with Crippen LogP contribution >= 0.6 is 0 Å². The van der Waals surface area contributed by atoms with Gasteiger partial charge < -0.3 is 15.2 Å². The van der Waals surface area contributed by atoms with Gasteiger partial charge in [0.2, 0.25) is 0 Å². The maximum Gasteiger partial charge on any atom is 0.261 e. The summed E-state index contributed by atoms with van der Waals surface area (Å²) < 4.78 is 7.37. The first-order valence-corrected chi connectivity index (χ1v) is 8.99. The molecule has 2 aromatic rings. The van der Waals surface area contributed by atoms with E-state index in [1.54, 1.807) is 10.9 Å². The third kappa shape index (κ3) is 3.21. The van der Waals surface area contributed by atoms with Crippen LogP contribution in [0.2, 0.25) is 0 Å². The van der Waals surface area contributed by atoms with Crippen molar-refractivity contribution in [2.75, 3.05) is 13.2 Å². The molecule has 3 heterocycles. The van der Waals surface area contributed by atoms with Gasteiger partial charge in [-0.15, -0.1) is 0 Å². The van der Waals surface area contributed by atoms with Gasteiger partial charge in [0.15, 0.2) is 0 Å². The Labute approximate surface area is 146 Å². The summed E-state index contributed by atoms with van der Waals surface area (Å²) in [5.74, 6) is 0. The molecule has 1 aromatic heterocycles. The first kappa shape index (κ1) is 16.7. The zero-order chi connectivity index (χ0) is 17.6. The Bertz CT molecular complexity index is 857. The number of piperidine rings is 1. The van der Waals surface area contributed by atoms with Gasteiger partial charge in [0.05, 0.1) is 36.5 Å². The molecule has 0 bridgehead atoms. The lowest BCUT2D eigenvalue weighted by Gasteiger charge is -2.31. The molecular weight excluding hydrogens is 318 g/mol. The van der Waals surface area contributed by atoms with Gasteiger partial charge in [-0.25, -0.2) is 4.98 Å². The average Bonchev–Trinajstić information content (AvgIpc) is 3.34. The van der Waals surface area contributed by atoms with Crippen LogP contribution in [0.25, 0.3) is 10.9 Å². The fourth-order valence-corrected chi connectivity index (χ4v) is 3.76. The van der Waals surface area contributed by atoms with E-state index in [1.165, 1.54) is 0 Å². The van der Waals surface area contributed by atoms with Gasteiger partial charge in [0.1, 0.15) is 5.60 Å². The zero-order valence-corrected chi connectivity index (χ0v) is 14.8. The number of hydrogen-bond acceptors (Lipinski definition) is 5. The summed E-state index contributed by atoms with van der Waals surface area (Å²) in [7, 11) is 0. The molecule has 6 nitrogen and oxygen atoms in total. The van der Waals surface area contributed by atoms with Crippen LogP contribution in [0.1, 0.15) is 30.4 Å². The maximum atomic E-state index is 12.9. The fraction of sp³-hybridized carbons (Fsp3) is 0.579. The molecule has 2 aliphatic heterocycles. The highest BCUT2D eigenvalue weighted by atomic mass is 16.6. The van der Waals surface area contributed by atoms with Crippen molar-refractivity contribution >= 4 is 10.9 Å². The van der Waals surface area contributed by atoms with Crippen molar-refractivity contribution in [3.63, 3.8) is 0 Å². The van der Waals surface area contributed by atoms with E-state index in [0.29, 0.717) is 25.0 Å². The maximum absolute atomic E-state index is 12.9. The Balaban J connectivity index is 1.59. The highest BCUT2D eigenvalue weighted by molar-refractivity contribution is 5.79. The average molecular weight is 343 g/mol. The minimum absolute atomic E-state index is 0.0277. The summed E-state index contributed by atoms with van der Waals surface area (Å²) in [4.78, 5) is 17.3. The molecule has 0 aliphatic carbocycles. The lowest BCUT2D eigenvalue weighted by molar-refractivity contribution is 0.0754. The van der Waals surface area contributed by atoms with Gasteiger partial charge in [-0.05, 0) is 62.9 Å². The third-order valence-electron chi connectivity index (χ3n) is 5.59. The minimum Gasteiger partial charge on any atom is -0.392 e. The van der Waals surface area contributed by atoms with E-state index in [2.05, 4.69) is 10.3 Å². The van der Waals surface area contributed by atoms with Gasteiger partial charge in [-0.1, -0.05) is 0 Å². The molecular formula is C19H25N3O3. The molecule has 3 unspecified atom stereocenters. The van der Waals surface area contributed by atoms with Crippen LogP contribution < -0.4 is 10.9 Å².